The lowest BCUT2D eigenvalue weighted by Gasteiger charge is -2.19. The molecule has 0 aliphatic carbocycles. The Morgan fingerprint density at radius 3 is 2.66 bits per heavy atom. The number of guanidine groups is 1. The van der Waals surface area contributed by atoms with E-state index in [1.807, 2.05) is 25.1 Å². The number of anilines is 1. The first kappa shape index (κ1) is 24.7. The predicted molar refractivity (Wildman–Crippen MR) is 126 cm³/mol. The summed E-state index contributed by atoms with van der Waals surface area (Å²) in [6, 6.07) is 12.3. The van der Waals surface area contributed by atoms with Crippen molar-refractivity contribution in [3.8, 4) is 5.75 Å². The number of rotatable bonds is 7. The van der Waals surface area contributed by atoms with Crippen LogP contribution in [0.4, 0.5) is 10.1 Å². The maximum absolute atomic E-state index is 13.8. The minimum Gasteiger partial charge on any atom is -0.492 e. The molecule has 2 rings (SSSR count). The number of nitrogens with one attached hydrogen (secondary N) is 3. The second-order valence-electron chi connectivity index (χ2n) is 6.43. The third-order valence-corrected chi connectivity index (χ3v) is 4.09. The molecule has 0 saturated heterocycles. The molecule has 1 atom stereocenters. The zero-order chi connectivity index (χ0) is 20.5. The van der Waals surface area contributed by atoms with E-state index < -0.39 is 0 Å². The van der Waals surface area contributed by atoms with Crippen molar-refractivity contribution in [2.75, 3.05) is 25.5 Å². The van der Waals surface area contributed by atoms with Gasteiger partial charge in [-0.1, -0.05) is 18.2 Å². The zero-order valence-corrected chi connectivity index (χ0v) is 19.4. The molecular weight excluding hydrogens is 486 g/mol. The van der Waals surface area contributed by atoms with Crippen molar-refractivity contribution >= 4 is 41.5 Å². The molecule has 8 heteroatoms. The molecule has 0 saturated carbocycles. The molecule has 0 aromatic heterocycles. The van der Waals surface area contributed by atoms with Crippen molar-refractivity contribution in [3.05, 3.63) is 59.4 Å². The highest BCUT2D eigenvalue weighted by Gasteiger charge is 2.09. The molecule has 1 unspecified atom stereocenters. The first-order valence-electron chi connectivity index (χ1n) is 9.12. The van der Waals surface area contributed by atoms with E-state index in [4.69, 9.17) is 4.74 Å². The third-order valence-electron chi connectivity index (χ3n) is 4.09. The number of aliphatic imine (C=N–C) groups is 1. The first-order chi connectivity index (χ1) is 13.4. The zero-order valence-electron chi connectivity index (χ0n) is 17.1. The number of aryl methyl sites for hydroxylation is 1. The van der Waals surface area contributed by atoms with Crippen molar-refractivity contribution in [2.45, 2.75) is 26.8 Å². The number of amides is 1. The maximum Gasteiger partial charge on any atom is 0.221 e. The van der Waals surface area contributed by atoms with Gasteiger partial charge in [-0.15, -0.1) is 24.0 Å². The van der Waals surface area contributed by atoms with Gasteiger partial charge >= 0.3 is 0 Å². The summed E-state index contributed by atoms with van der Waals surface area (Å²) in [5.74, 6) is 0.920. The fraction of sp³-hybridized carbons (Fsp3) is 0.333. The van der Waals surface area contributed by atoms with E-state index in [9.17, 15) is 9.18 Å². The van der Waals surface area contributed by atoms with Crippen molar-refractivity contribution in [2.24, 2.45) is 4.99 Å². The number of ether oxygens (including phenoxy) is 1. The van der Waals surface area contributed by atoms with Crippen LogP contribution in [0.15, 0.2) is 47.5 Å². The average molecular weight is 514 g/mol. The van der Waals surface area contributed by atoms with E-state index in [0.29, 0.717) is 36.1 Å². The summed E-state index contributed by atoms with van der Waals surface area (Å²) in [6.07, 6.45) is 0. The second kappa shape index (κ2) is 12.3. The van der Waals surface area contributed by atoms with Gasteiger partial charge in [0.05, 0.1) is 12.6 Å². The molecule has 1 amide bonds. The van der Waals surface area contributed by atoms with Crippen LogP contribution >= 0.6 is 24.0 Å². The lowest BCUT2D eigenvalue weighted by Crippen LogP contribution is -2.40. The fourth-order valence-corrected chi connectivity index (χ4v) is 2.57. The summed E-state index contributed by atoms with van der Waals surface area (Å²) in [5, 5.41) is 9.11. The molecule has 0 fully saturated rings. The van der Waals surface area contributed by atoms with Gasteiger partial charge in [0.1, 0.15) is 18.2 Å². The highest BCUT2D eigenvalue weighted by molar-refractivity contribution is 14.0. The van der Waals surface area contributed by atoms with Crippen LogP contribution in [-0.4, -0.2) is 32.1 Å². The maximum atomic E-state index is 13.8. The van der Waals surface area contributed by atoms with Crippen molar-refractivity contribution < 1.29 is 13.9 Å². The third kappa shape index (κ3) is 8.26. The van der Waals surface area contributed by atoms with Gasteiger partial charge in [0.25, 0.3) is 0 Å². The van der Waals surface area contributed by atoms with Crippen LogP contribution in [-0.2, 0) is 4.79 Å². The summed E-state index contributed by atoms with van der Waals surface area (Å²) >= 11 is 0. The Kier molecular flexibility index (Phi) is 10.4. The molecule has 0 aliphatic heterocycles. The topological polar surface area (TPSA) is 74.8 Å². The van der Waals surface area contributed by atoms with E-state index in [-0.39, 0.29) is 41.7 Å². The Hall–Kier alpha value is -2.36. The number of carbonyl (C=O) groups excluding carboxylic acids is 1. The van der Waals surface area contributed by atoms with Crippen LogP contribution in [0.2, 0.25) is 0 Å². The Morgan fingerprint density at radius 1 is 1.24 bits per heavy atom. The largest absolute Gasteiger partial charge is 0.492 e. The summed E-state index contributed by atoms with van der Waals surface area (Å²) in [5.41, 5.74) is 2.16. The predicted octanol–water partition coefficient (Wildman–Crippen LogP) is 4.02. The summed E-state index contributed by atoms with van der Waals surface area (Å²) in [4.78, 5) is 15.3. The number of hydrogen-bond acceptors (Lipinski definition) is 3. The lowest BCUT2D eigenvalue weighted by atomic mass is 10.1. The molecule has 0 spiro atoms. The molecule has 0 radical (unpaired) electrons. The molecule has 0 aliphatic rings. The number of halogens is 2. The molecule has 29 heavy (non-hydrogen) atoms. The van der Waals surface area contributed by atoms with Gasteiger partial charge in [0.15, 0.2) is 5.96 Å². The number of hydrogen-bond donors (Lipinski definition) is 3. The molecule has 0 bridgehead atoms. The molecule has 2 aromatic rings. The van der Waals surface area contributed by atoms with E-state index in [1.165, 1.54) is 13.0 Å². The standard InChI is InChI=1S/C21H27FN4O2.HI/c1-14-8-9-17(12-20(14)22)15(2)25-21(23-4)24-10-11-28-19-7-5-6-18(13-19)26-16(3)27;/h5-9,12-13,15H,10-11H2,1-4H3,(H,26,27)(H2,23,24,25);1H. The van der Waals surface area contributed by atoms with Gasteiger partial charge in [-0.2, -0.15) is 0 Å². The summed E-state index contributed by atoms with van der Waals surface area (Å²) < 4.78 is 19.4. The number of nitrogens with zero attached hydrogens (tertiary/aromatic N) is 1. The average Bonchev–Trinajstić information content (AvgIpc) is 2.66. The molecule has 6 nitrogen and oxygen atoms in total. The van der Waals surface area contributed by atoms with Crippen LogP contribution in [0.1, 0.15) is 31.0 Å². The monoisotopic (exact) mass is 514 g/mol. The minimum atomic E-state index is -0.219. The van der Waals surface area contributed by atoms with Crippen LogP contribution in [0.25, 0.3) is 0 Å². The SMILES string of the molecule is CN=C(NCCOc1cccc(NC(C)=O)c1)NC(C)c1ccc(C)c(F)c1.I. The van der Waals surface area contributed by atoms with E-state index in [2.05, 4.69) is 20.9 Å². The summed E-state index contributed by atoms with van der Waals surface area (Å²) in [7, 11) is 1.68. The van der Waals surface area contributed by atoms with Gasteiger partial charge in [-0.05, 0) is 43.2 Å². The quantitative estimate of drug-likeness (QED) is 0.226. The van der Waals surface area contributed by atoms with Crippen LogP contribution in [0, 0.1) is 12.7 Å². The van der Waals surface area contributed by atoms with Crippen molar-refractivity contribution in [1.29, 1.82) is 0 Å². The van der Waals surface area contributed by atoms with Crippen LogP contribution < -0.4 is 20.7 Å². The van der Waals surface area contributed by atoms with Crippen molar-refractivity contribution in [1.82, 2.24) is 10.6 Å². The van der Waals surface area contributed by atoms with Crippen LogP contribution in [0.5, 0.6) is 5.75 Å². The van der Waals surface area contributed by atoms with Gasteiger partial charge in [-0.25, -0.2) is 4.39 Å². The van der Waals surface area contributed by atoms with Crippen LogP contribution in [0.3, 0.4) is 0 Å². The Bertz CT molecular complexity index is 845. The van der Waals surface area contributed by atoms with Crippen molar-refractivity contribution in [3.63, 3.8) is 0 Å². The van der Waals surface area contributed by atoms with Gasteiger partial charge in [-0.3, -0.25) is 9.79 Å². The van der Waals surface area contributed by atoms with Gasteiger partial charge < -0.3 is 20.7 Å². The van der Waals surface area contributed by atoms with Gasteiger partial charge in [0, 0.05) is 25.7 Å². The molecule has 2 aromatic carbocycles. The van der Waals surface area contributed by atoms with E-state index >= 15 is 0 Å². The number of benzene rings is 2. The first-order valence-corrected chi connectivity index (χ1v) is 9.12. The highest BCUT2D eigenvalue weighted by Crippen LogP contribution is 2.17. The van der Waals surface area contributed by atoms with E-state index in [1.54, 1.807) is 32.2 Å². The fourth-order valence-electron chi connectivity index (χ4n) is 2.57. The highest BCUT2D eigenvalue weighted by atomic mass is 127. The Morgan fingerprint density at radius 2 is 2.00 bits per heavy atom. The Balaban J connectivity index is 0.00000420. The van der Waals surface area contributed by atoms with Gasteiger partial charge in [0.2, 0.25) is 5.91 Å². The minimum absolute atomic E-state index is 0. The molecule has 0 heterocycles. The molecule has 158 valence electrons. The second-order valence-corrected chi connectivity index (χ2v) is 6.43. The molecular formula is C21H28FIN4O2. The Labute approximate surface area is 188 Å². The number of carbonyl (C=O) groups is 1. The smallest absolute Gasteiger partial charge is 0.221 e. The normalized spacial score (nSPS) is 11.8. The molecule has 3 N–H and O–H groups in total. The van der Waals surface area contributed by atoms with E-state index in [0.717, 1.165) is 5.56 Å². The summed E-state index contributed by atoms with van der Waals surface area (Å²) in [6.45, 7) is 6.09. The lowest BCUT2D eigenvalue weighted by molar-refractivity contribution is -0.114.